The molecule has 46 heavy (non-hydrogen) atoms. The minimum absolute atomic E-state index is 0.0256. The molecule has 3 heterocycles. The number of dihydropyridines is 1. The zero-order chi connectivity index (χ0) is 30.5. The van der Waals surface area contributed by atoms with E-state index in [9.17, 15) is 0 Å². The van der Waals surface area contributed by atoms with Crippen molar-refractivity contribution < 1.29 is 0 Å². The fourth-order valence-electron chi connectivity index (χ4n) is 6.96. The number of nitrogens with zero attached hydrogens (tertiary/aromatic N) is 2. The van der Waals surface area contributed by atoms with Crippen molar-refractivity contribution in [1.82, 2.24) is 15.3 Å². The molecule has 1 aliphatic carbocycles. The molecule has 7 aromatic rings. The first-order chi connectivity index (χ1) is 22.8. The number of rotatable bonds is 5. The van der Waals surface area contributed by atoms with Gasteiger partial charge < -0.3 is 5.32 Å². The van der Waals surface area contributed by atoms with Gasteiger partial charge in [-0.15, -0.1) is 0 Å². The van der Waals surface area contributed by atoms with E-state index in [-0.39, 0.29) is 6.04 Å². The van der Waals surface area contributed by atoms with Gasteiger partial charge in [0.2, 0.25) is 0 Å². The Hall–Kier alpha value is -6.06. The van der Waals surface area contributed by atoms with E-state index in [2.05, 4.69) is 138 Å². The van der Waals surface area contributed by atoms with Gasteiger partial charge in [0.25, 0.3) is 0 Å². The Morgan fingerprint density at radius 3 is 1.96 bits per heavy atom. The van der Waals surface area contributed by atoms with Crippen molar-refractivity contribution in [3.8, 4) is 67.0 Å². The van der Waals surface area contributed by atoms with Crippen LogP contribution in [-0.2, 0) is 0 Å². The lowest BCUT2D eigenvalue weighted by Gasteiger charge is -2.19. The van der Waals surface area contributed by atoms with E-state index in [1.807, 2.05) is 36.7 Å². The van der Waals surface area contributed by atoms with Crippen molar-refractivity contribution in [3.05, 3.63) is 170 Å². The average Bonchev–Trinajstić information content (AvgIpc) is 3.47. The minimum Gasteiger partial charge on any atom is -0.379 e. The largest absolute Gasteiger partial charge is 0.379 e. The molecule has 2 aromatic heterocycles. The summed E-state index contributed by atoms with van der Waals surface area (Å²) >= 11 is 0. The third-order valence-electron chi connectivity index (χ3n) is 9.11. The van der Waals surface area contributed by atoms with Gasteiger partial charge >= 0.3 is 0 Å². The number of hydrogen-bond donors (Lipinski definition) is 1. The fourth-order valence-corrected chi connectivity index (χ4v) is 6.96. The van der Waals surface area contributed by atoms with Gasteiger partial charge in [0.05, 0.1) is 23.1 Å². The Labute approximate surface area is 268 Å². The summed E-state index contributed by atoms with van der Waals surface area (Å²) < 4.78 is 0. The number of hydrogen-bond acceptors (Lipinski definition) is 3. The summed E-state index contributed by atoms with van der Waals surface area (Å²) in [7, 11) is 0. The average molecular weight is 588 g/mol. The normalized spacial score (nSPS) is 14.3. The van der Waals surface area contributed by atoms with Gasteiger partial charge in [0.15, 0.2) is 0 Å². The summed E-state index contributed by atoms with van der Waals surface area (Å²) in [5.41, 5.74) is 14.9. The lowest BCUT2D eigenvalue weighted by atomic mass is 9.89. The Morgan fingerprint density at radius 2 is 1.17 bits per heavy atom. The third-order valence-corrected chi connectivity index (χ3v) is 9.11. The van der Waals surface area contributed by atoms with Crippen LogP contribution in [0.2, 0.25) is 0 Å². The van der Waals surface area contributed by atoms with Crippen molar-refractivity contribution in [3.63, 3.8) is 0 Å². The smallest absolute Gasteiger partial charge is 0.0896 e. The molecule has 0 bridgehead atoms. The molecule has 1 unspecified atom stereocenters. The van der Waals surface area contributed by atoms with Crippen LogP contribution in [0.15, 0.2) is 164 Å². The maximum atomic E-state index is 5.09. The van der Waals surface area contributed by atoms with Gasteiger partial charge in [0.1, 0.15) is 0 Å². The summed E-state index contributed by atoms with van der Waals surface area (Å²) in [6, 6.07) is 48.1. The van der Waals surface area contributed by atoms with Gasteiger partial charge in [-0.3, -0.25) is 4.98 Å². The van der Waals surface area contributed by atoms with Crippen LogP contribution in [0.1, 0.15) is 11.7 Å². The Kier molecular flexibility index (Phi) is 6.20. The van der Waals surface area contributed by atoms with E-state index in [0.29, 0.717) is 0 Å². The highest BCUT2D eigenvalue weighted by Gasteiger charge is 2.23. The molecule has 0 saturated heterocycles. The fraction of sp³-hybridized carbons (Fsp3) is 0.0233. The van der Waals surface area contributed by atoms with Crippen molar-refractivity contribution in [2.45, 2.75) is 6.04 Å². The van der Waals surface area contributed by atoms with Crippen molar-refractivity contribution in [2.75, 3.05) is 0 Å². The van der Waals surface area contributed by atoms with Crippen molar-refractivity contribution in [2.24, 2.45) is 0 Å². The molecule has 0 radical (unpaired) electrons. The molecule has 1 N–H and O–H groups in total. The molecule has 3 nitrogen and oxygen atoms in total. The SMILES string of the molecule is C1=CNC(c2cc(-c3cc(-c4ccccc4)cc(-c4ccc5c6c(cccc46)-c4ccccc4-5)c3)cc(-c3ccccn3)n2)C=C1. The zero-order valence-electron chi connectivity index (χ0n) is 25.1. The lowest BCUT2D eigenvalue weighted by Crippen LogP contribution is -2.16. The summed E-state index contributed by atoms with van der Waals surface area (Å²) in [6.07, 6.45) is 10.0. The molecule has 0 spiro atoms. The molecular formula is C43H29N3. The topological polar surface area (TPSA) is 37.8 Å². The molecule has 1 atom stereocenters. The van der Waals surface area contributed by atoms with E-state index < -0.39 is 0 Å². The van der Waals surface area contributed by atoms with Crippen LogP contribution >= 0.6 is 0 Å². The number of nitrogens with one attached hydrogen (secondary N) is 1. The molecule has 9 rings (SSSR count). The zero-order valence-corrected chi connectivity index (χ0v) is 25.1. The molecule has 0 amide bonds. The predicted molar refractivity (Wildman–Crippen MR) is 190 cm³/mol. The molecule has 216 valence electrons. The Balaban J connectivity index is 1.27. The van der Waals surface area contributed by atoms with Crippen LogP contribution in [0.4, 0.5) is 0 Å². The van der Waals surface area contributed by atoms with Crippen LogP contribution in [0, 0.1) is 0 Å². The minimum atomic E-state index is -0.0256. The van der Waals surface area contributed by atoms with Crippen LogP contribution in [0.5, 0.6) is 0 Å². The first kappa shape index (κ1) is 26.4. The van der Waals surface area contributed by atoms with Gasteiger partial charge in [0, 0.05) is 6.20 Å². The highest BCUT2D eigenvalue weighted by Crippen LogP contribution is 2.49. The molecule has 5 aromatic carbocycles. The van der Waals surface area contributed by atoms with Gasteiger partial charge in [-0.1, -0.05) is 103 Å². The maximum Gasteiger partial charge on any atom is 0.0896 e. The van der Waals surface area contributed by atoms with E-state index in [1.165, 1.54) is 55.3 Å². The Bertz CT molecular complexity index is 2310. The monoisotopic (exact) mass is 587 g/mol. The number of benzene rings is 5. The van der Waals surface area contributed by atoms with Crippen LogP contribution < -0.4 is 5.32 Å². The maximum absolute atomic E-state index is 5.09. The second kappa shape index (κ2) is 10.8. The quantitative estimate of drug-likeness (QED) is 0.218. The van der Waals surface area contributed by atoms with E-state index in [1.54, 1.807) is 0 Å². The second-order valence-corrected chi connectivity index (χ2v) is 11.9. The van der Waals surface area contributed by atoms with E-state index >= 15 is 0 Å². The predicted octanol–water partition coefficient (Wildman–Crippen LogP) is 10.7. The molecule has 1 aliphatic heterocycles. The number of aromatic nitrogens is 2. The van der Waals surface area contributed by atoms with Crippen molar-refractivity contribution in [1.29, 1.82) is 0 Å². The molecule has 0 saturated carbocycles. The molecular weight excluding hydrogens is 558 g/mol. The molecule has 0 fully saturated rings. The van der Waals surface area contributed by atoms with Crippen LogP contribution in [0.25, 0.3) is 77.8 Å². The lowest BCUT2D eigenvalue weighted by molar-refractivity contribution is 0.722. The number of pyridine rings is 2. The number of allylic oxidation sites excluding steroid dienone is 2. The first-order valence-electron chi connectivity index (χ1n) is 15.7. The van der Waals surface area contributed by atoms with Crippen LogP contribution in [-0.4, -0.2) is 9.97 Å². The summed E-state index contributed by atoms with van der Waals surface area (Å²) in [4.78, 5) is 9.75. The number of fused-ring (bicyclic) bond motifs is 3. The van der Waals surface area contributed by atoms with E-state index in [4.69, 9.17) is 4.98 Å². The van der Waals surface area contributed by atoms with Gasteiger partial charge in [-0.2, -0.15) is 0 Å². The summed E-state index contributed by atoms with van der Waals surface area (Å²) in [5.74, 6) is 0. The summed E-state index contributed by atoms with van der Waals surface area (Å²) in [5, 5.41) is 6.07. The molecule has 2 aliphatic rings. The molecule has 3 heteroatoms. The second-order valence-electron chi connectivity index (χ2n) is 11.9. The third kappa shape index (κ3) is 4.44. The first-order valence-corrected chi connectivity index (χ1v) is 15.7. The summed E-state index contributed by atoms with van der Waals surface area (Å²) in [6.45, 7) is 0. The van der Waals surface area contributed by atoms with Gasteiger partial charge in [-0.25, -0.2) is 4.98 Å². The highest BCUT2D eigenvalue weighted by atomic mass is 14.9. The van der Waals surface area contributed by atoms with Gasteiger partial charge in [-0.05, 0) is 121 Å². The van der Waals surface area contributed by atoms with E-state index in [0.717, 1.165) is 28.2 Å². The Morgan fingerprint density at radius 1 is 0.478 bits per heavy atom. The standard InChI is InChI=1S/C43H29N3/c1-2-11-28(12-3-1)29-23-30(31-26-41(39-17-6-8-21-44-39)46-42(27-31)40-18-7-9-22-45-40)25-32(24-29)33-19-20-38-35-14-5-4-13-34(35)37-16-10-15-36(33)43(37)38/h1-27,39,44H. The highest BCUT2D eigenvalue weighted by molar-refractivity contribution is 6.18. The van der Waals surface area contributed by atoms with Crippen molar-refractivity contribution >= 4 is 10.8 Å². The van der Waals surface area contributed by atoms with Crippen LogP contribution in [0.3, 0.4) is 0 Å².